The number of piperidine rings is 1. The van der Waals surface area contributed by atoms with Crippen LogP contribution in [0.3, 0.4) is 0 Å². The molecule has 7 heteroatoms. The monoisotopic (exact) mass is 356 g/mol. The van der Waals surface area contributed by atoms with Crippen molar-refractivity contribution in [1.29, 1.82) is 0 Å². The molecule has 0 aliphatic carbocycles. The molecule has 1 aliphatic heterocycles. The van der Waals surface area contributed by atoms with Crippen molar-refractivity contribution in [3.8, 4) is 5.75 Å². The van der Waals surface area contributed by atoms with Crippen molar-refractivity contribution in [2.75, 3.05) is 33.3 Å². The van der Waals surface area contributed by atoms with Crippen LogP contribution in [0.2, 0.25) is 0 Å². The Labute approximate surface area is 148 Å². The minimum atomic E-state index is -1.02. The Morgan fingerprint density at radius 1 is 1.29 bits per heavy atom. The maximum atomic E-state index is 11.6. The maximum absolute atomic E-state index is 11.6. The summed E-state index contributed by atoms with van der Waals surface area (Å²) in [5.41, 5.74) is 1.23. The van der Waals surface area contributed by atoms with Gasteiger partial charge >= 0.3 is 5.97 Å². The largest absolute Gasteiger partial charge is 0.496 e. The molecule has 0 bridgehead atoms. The standard InChI is InChI=1S/C17H24N2O4.ClH/c1-23-15-5-3-2-4-14(15)10-13-6-8-19(9-7-13)12-16(20)18-11-17(21)22;/h2-5,13H,6-12H2,1H3,(H,18,20)(H,21,22);1H. The average Bonchev–Trinajstić information content (AvgIpc) is 2.55. The Hall–Kier alpha value is -1.79. The van der Waals surface area contributed by atoms with Gasteiger partial charge in [-0.25, -0.2) is 0 Å². The number of carbonyl (C=O) groups excluding carboxylic acids is 1. The van der Waals surface area contributed by atoms with Crippen LogP contribution in [0, 0.1) is 5.92 Å². The van der Waals surface area contributed by atoms with Crippen LogP contribution in [0.25, 0.3) is 0 Å². The molecule has 1 aliphatic rings. The number of para-hydroxylation sites is 1. The molecule has 0 saturated carbocycles. The minimum absolute atomic E-state index is 0. The first-order valence-corrected chi connectivity index (χ1v) is 7.91. The number of carbonyl (C=O) groups is 2. The normalized spacial score (nSPS) is 15.4. The topological polar surface area (TPSA) is 78.9 Å². The van der Waals surface area contributed by atoms with Crippen molar-refractivity contribution in [2.24, 2.45) is 5.92 Å². The summed E-state index contributed by atoms with van der Waals surface area (Å²) < 4.78 is 5.40. The Morgan fingerprint density at radius 2 is 1.96 bits per heavy atom. The quantitative estimate of drug-likeness (QED) is 0.775. The summed E-state index contributed by atoms with van der Waals surface area (Å²) in [6, 6.07) is 8.09. The molecule has 1 saturated heterocycles. The van der Waals surface area contributed by atoms with Gasteiger partial charge in [0.05, 0.1) is 13.7 Å². The van der Waals surface area contributed by atoms with E-state index in [-0.39, 0.29) is 31.4 Å². The molecule has 2 N–H and O–H groups in total. The van der Waals surface area contributed by atoms with E-state index in [0.717, 1.165) is 38.1 Å². The van der Waals surface area contributed by atoms with Gasteiger partial charge in [-0.15, -0.1) is 12.4 Å². The Balaban J connectivity index is 0.00000288. The smallest absolute Gasteiger partial charge is 0.322 e. The van der Waals surface area contributed by atoms with Crippen molar-refractivity contribution in [2.45, 2.75) is 19.3 Å². The average molecular weight is 357 g/mol. The molecule has 1 aromatic rings. The van der Waals surface area contributed by atoms with Gasteiger partial charge in [0.1, 0.15) is 12.3 Å². The number of carboxylic acid groups (broad SMARTS) is 1. The van der Waals surface area contributed by atoms with Gasteiger partial charge in [0, 0.05) is 0 Å². The lowest BCUT2D eigenvalue weighted by Crippen LogP contribution is -2.42. The lowest BCUT2D eigenvalue weighted by molar-refractivity contribution is -0.138. The van der Waals surface area contributed by atoms with E-state index in [1.807, 2.05) is 18.2 Å². The van der Waals surface area contributed by atoms with Crippen LogP contribution in [0.4, 0.5) is 0 Å². The number of benzene rings is 1. The SMILES string of the molecule is COc1ccccc1CC1CCN(CC(=O)NCC(=O)O)CC1.Cl. The highest BCUT2D eigenvalue weighted by Gasteiger charge is 2.22. The number of nitrogens with one attached hydrogen (secondary N) is 1. The molecule has 0 atom stereocenters. The van der Waals surface area contributed by atoms with Crippen molar-refractivity contribution in [3.63, 3.8) is 0 Å². The highest BCUT2D eigenvalue weighted by Crippen LogP contribution is 2.26. The second kappa shape index (κ2) is 10.2. The van der Waals surface area contributed by atoms with Gasteiger partial charge in [-0.05, 0) is 49.9 Å². The fourth-order valence-electron chi connectivity index (χ4n) is 2.96. The van der Waals surface area contributed by atoms with E-state index >= 15 is 0 Å². The number of amides is 1. The summed E-state index contributed by atoms with van der Waals surface area (Å²) in [6.45, 7) is 1.68. The second-order valence-corrected chi connectivity index (χ2v) is 5.91. The van der Waals surface area contributed by atoms with Crippen molar-refractivity contribution < 1.29 is 19.4 Å². The van der Waals surface area contributed by atoms with Crippen LogP contribution in [-0.2, 0) is 16.0 Å². The lowest BCUT2D eigenvalue weighted by atomic mass is 9.90. The molecular formula is C17H25ClN2O4. The van der Waals surface area contributed by atoms with Crippen molar-refractivity contribution in [3.05, 3.63) is 29.8 Å². The first kappa shape index (κ1) is 20.3. The fraction of sp³-hybridized carbons (Fsp3) is 0.529. The maximum Gasteiger partial charge on any atom is 0.322 e. The van der Waals surface area contributed by atoms with E-state index in [4.69, 9.17) is 9.84 Å². The third-order valence-corrected chi connectivity index (χ3v) is 4.21. The number of nitrogens with zero attached hydrogens (tertiary/aromatic N) is 1. The lowest BCUT2D eigenvalue weighted by Gasteiger charge is -2.31. The summed E-state index contributed by atoms with van der Waals surface area (Å²) in [5, 5.41) is 10.9. The van der Waals surface area contributed by atoms with E-state index in [2.05, 4.69) is 16.3 Å². The van der Waals surface area contributed by atoms with Crippen LogP contribution in [0.15, 0.2) is 24.3 Å². The van der Waals surface area contributed by atoms with Gasteiger partial charge < -0.3 is 15.2 Å². The zero-order valence-corrected chi connectivity index (χ0v) is 14.7. The number of ether oxygens (including phenoxy) is 1. The summed E-state index contributed by atoms with van der Waals surface area (Å²) in [4.78, 5) is 24.1. The van der Waals surface area contributed by atoms with Gasteiger partial charge in [-0.2, -0.15) is 0 Å². The van der Waals surface area contributed by atoms with Crippen LogP contribution < -0.4 is 10.1 Å². The molecule has 0 spiro atoms. The number of hydrogen-bond acceptors (Lipinski definition) is 4. The third kappa shape index (κ3) is 6.37. The van der Waals surface area contributed by atoms with E-state index in [0.29, 0.717) is 5.92 Å². The molecule has 6 nitrogen and oxygen atoms in total. The van der Waals surface area contributed by atoms with Crippen LogP contribution in [0.5, 0.6) is 5.75 Å². The number of likely N-dealkylation sites (tertiary alicyclic amines) is 1. The van der Waals surface area contributed by atoms with Gasteiger partial charge in [0.25, 0.3) is 0 Å². The van der Waals surface area contributed by atoms with E-state index in [9.17, 15) is 9.59 Å². The number of carboxylic acids is 1. The molecule has 0 radical (unpaired) electrons. The first-order valence-electron chi connectivity index (χ1n) is 7.91. The minimum Gasteiger partial charge on any atom is -0.496 e. The van der Waals surface area contributed by atoms with E-state index in [1.165, 1.54) is 5.56 Å². The summed E-state index contributed by atoms with van der Waals surface area (Å²) in [7, 11) is 1.69. The fourth-order valence-corrected chi connectivity index (χ4v) is 2.96. The Bertz CT molecular complexity index is 545. The number of hydrogen-bond donors (Lipinski definition) is 2. The van der Waals surface area contributed by atoms with Gasteiger partial charge in [-0.3, -0.25) is 14.5 Å². The van der Waals surface area contributed by atoms with Crippen LogP contribution in [0.1, 0.15) is 18.4 Å². The highest BCUT2D eigenvalue weighted by atomic mass is 35.5. The van der Waals surface area contributed by atoms with Crippen LogP contribution in [-0.4, -0.2) is 55.2 Å². The Kier molecular flexibility index (Phi) is 8.57. The van der Waals surface area contributed by atoms with Crippen molar-refractivity contribution >= 4 is 24.3 Å². The molecule has 24 heavy (non-hydrogen) atoms. The molecule has 1 heterocycles. The molecule has 0 aromatic heterocycles. The van der Waals surface area contributed by atoms with Gasteiger partial charge in [0.2, 0.25) is 5.91 Å². The molecule has 1 fully saturated rings. The van der Waals surface area contributed by atoms with Gasteiger partial charge in [0.15, 0.2) is 0 Å². The number of rotatable bonds is 7. The summed E-state index contributed by atoms with van der Waals surface area (Å²) in [6.07, 6.45) is 3.05. The number of aliphatic carboxylic acids is 1. The molecule has 1 amide bonds. The zero-order chi connectivity index (χ0) is 16.7. The molecule has 134 valence electrons. The molecule has 2 rings (SSSR count). The molecule has 0 unspecified atom stereocenters. The number of halogens is 1. The van der Waals surface area contributed by atoms with E-state index in [1.54, 1.807) is 7.11 Å². The number of methoxy groups -OCH3 is 1. The second-order valence-electron chi connectivity index (χ2n) is 5.91. The predicted octanol–water partition coefficient (Wildman–Crippen LogP) is 1.57. The van der Waals surface area contributed by atoms with Crippen molar-refractivity contribution in [1.82, 2.24) is 10.2 Å². The van der Waals surface area contributed by atoms with Gasteiger partial charge in [-0.1, -0.05) is 18.2 Å². The first-order chi connectivity index (χ1) is 11.1. The molecular weight excluding hydrogens is 332 g/mol. The highest BCUT2D eigenvalue weighted by molar-refractivity contribution is 5.85. The Morgan fingerprint density at radius 3 is 2.58 bits per heavy atom. The summed E-state index contributed by atoms with van der Waals surface area (Å²) >= 11 is 0. The molecule has 1 aromatic carbocycles. The zero-order valence-electron chi connectivity index (χ0n) is 13.9. The third-order valence-electron chi connectivity index (χ3n) is 4.21. The van der Waals surface area contributed by atoms with E-state index < -0.39 is 5.97 Å². The summed E-state index contributed by atoms with van der Waals surface area (Å²) in [5.74, 6) is 0.275. The van der Waals surface area contributed by atoms with Crippen LogP contribution >= 0.6 is 12.4 Å². The predicted molar refractivity (Wildman–Crippen MR) is 93.8 cm³/mol.